The fourth-order valence-electron chi connectivity index (χ4n) is 4.34. The maximum Gasteiger partial charge on any atom is 0.344 e. The summed E-state index contributed by atoms with van der Waals surface area (Å²) in [7, 11) is 0. The van der Waals surface area contributed by atoms with E-state index >= 15 is 0 Å². The lowest BCUT2D eigenvalue weighted by Gasteiger charge is -2.35. The summed E-state index contributed by atoms with van der Waals surface area (Å²) in [6.45, 7) is 7.56. The van der Waals surface area contributed by atoms with E-state index in [1.165, 1.54) is 11.0 Å². The first-order valence-corrected chi connectivity index (χ1v) is 12.0. The number of barbiturate groups is 1. The highest BCUT2D eigenvalue weighted by molar-refractivity contribution is 6.31. The summed E-state index contributed by atoms with van der Waals surface area (Å²) in [6, 6.07) is 2.47. The van der Waals surface area contributed by atoms with Crippen molar-refractivity contribution in [2.45, 2.75) is 58.4 Å². The Morgan fingerprint density at radius 2 is 1.86 bits per heavy atom. The molecule has 0 spiro atoms. The maximum absolute atomic E-state index is 13.2. The third-order valence-electron chi connectivity index (χ3n) is 5.84. The zero-order valence-corrected chi connectivity index (χ0v) is 20.3. The summed E-state index contributed by atoms with van der Waals surface area (Å²) in [5, 5.41) is 2.30. The predicted molar refractivity (Wildman–Crippen MR) is 129 cm³/mol. The molecule has 1 N–H and O–H groups in total. The molecule has 0 unspecified atom stereocenters. The lowest BCUT2D eigenvalue weighted by Crippen LogP contribution is -2.58. The van der Waals surface area contributed by atoms with Gasteiger partial charge in [-0.1, -0.05) is 25.3 Å². The Bertz CT molecular complexity index is 1020. The third kappa shape index (κ3) is 6.29. The first kappa shape index (κ1) is 26.0. The van der Waals surface area contributed by atoms with Crippen molar-refractivity contribution in [3.05, 3.63) is 41.5 Å². The number of urea groups is 1. The van der Waals surface area contributed by atoms with Gasteiger partial charge in [0.05, 0.1) is 13.2 Å². The highest BCUT2D eigenvalue weighted by atomic mass is 16.6. The third-order valence-corrected chi connectivity index (χ3v) is 5.84. The number of ether oxygens (including phenoxy) is 3. The normalized spacial score (nSPS) is 17.8. The number of carbonyl (C=O) groups is 4. The van der Waals surface area contributed by atoms with Gasteiger partial charge in [0.1, 0.15) is 5.57 Å². The number of hydrogen-bond donors (Lipinski definition) is 1. The largest absolute Gasteiger partial charge is 0.490 e. The molecule has 2 fully saturated rings. The minimum absolute atomic E-state index is 0.123. The molecule has 9 heteroatoms. The molecule has 3 rings (SSSR count). The van der Waals surface area contributed by atoms with E-state index in [-0.39, 0.29) is 24.8 Å². The summed E-state index contributed by atoms with van der Waals surface area (Å²) in [5.41, 5.74) is 1.05. The van der Waals surface area contributed by atoms with E-state index in [4.69, 9.17) is 14.2 Å². The molecule has 1 aliphatic heterocycles. The minimum Gasteiger partial charge on any atom is -0.490 e. The molecule has 1 saturated carbocycles. The molecule has 188 valence electrons. The zero-order valence-electron chi connectivity index (χ0n) is 20.3. The van der Waals surface area contributed by atoms with Crippen molar-refractivity contribution < 1.29 is 33.4 Å². The molecule has 1 saturated heterocycles. The van der Waals surface area contributed by atoms with Gasteiger partial charge < -0.3 is 14.2 Å². The summed E-state index contributed by atoms with van der Waals surface area (Å²) in [4.78, 5) is 51.3. The van der Waals surface area contributed by atoms with Crippen LogP contribution in [0.2, 0.25) is 0 Å². The van der Waals surface area contributed by atoms with Crippen LogP contribution in [0.3, 0.4) is 0 Å². The fraction of sp³-hybridized carbons (Fsp3) is 0.462. The molecule has 0 radical (unpaired) electrons. The van der Waals surface area contributed by atoms with Crippen molar-refractivity contribution in [1.29, 1.82) is 0 Å². The number of allylic oxidation sites excluding steroid dienone is 1. The lowest BCUT2D eigenvalue weighted by molar-refractivity contribution is -0.145. The van der Waals surface area contributed by atoms with E-state index < -0.39 is 23.8 Å². The van der Waals surface area contributed by atoms with Crippen molar-refractivity contribution in [2.24, 2.45) is 0 Å². The maximum atomic E-state index is 13.2. The van der Waals surface area contributed by atoms with Crippen molar-refractivity contribution in [3.63, 3.8) is 0 Å². The molecule has 9 nitrogen and oxygen atoms in total. The first-order chi connectivity index (χ1) is 16.9. The van der Waals surface area contributed by atoms with E-state index in [9.17, 15) is 19.2 Å². The van der Waals surface area contributed by atoms with Gasteiger partial charge in [0.25, 0.3) is 11.8 Å². The van der Waals surface area contributed by atoms with Gasteiger partial charge in [0.15, 0.2) is 18.1 Å². The number of nitrogens with zero attached hydrogens (tertiary/aromatic N) is 1. The van der Waals surface area contributed by atoms with Gasteiger partial charge in [0, 0.05) is 11.6 Å². The lowest BCUT2D eigenvalue weighted by atomic mass is 9.93. The number of benzene rings is 1. The molecule has 35 heavy (non-hydrogen) atoms. The van der Waals surface area contributed by atoms with Crippen LogP contribution in [0, 0.1) is 0 Å². The minimum atomic E-state index is -0.738. The second kappa shape index (κ2) is 12.2. The monoisotopic (exact) mass is 484 g/mol. The quantitative estimate of drug-likeness (QED) is 0.234. The van der Waals surface area contributed by atoms with Crippen molar-refractivity contribution in [3.8, 4) is 11.5 Å². The van der Waals surface area contributed by atoms with E-state index in [1.54, 1.807) is 32.1 Å². The smallest absolute Gasteiger partial charge is 0.344 e. The van der Waals surface area contributed by atoms with E-state index in [0.717, 1.165) is 32.1 Å². The summed E-state index contributed by atoms with van der Waals surface area (Å²) in [5.74, 6) is -1.13. The van der Waals surface area contributed by atoms with Gasteiger partial charge in [-0.25, -0.2) is 9.59 Å². The molecule has 0 atom stereocenters. The highest BCUT2D eigenvalue weighted by Gasteiger charge is 2.40. The Kier molecular flexibility index (Phi) is 9.05. The summed E-state index contributed by atoms with van der Waals surface area (Å²) >= 11 is 0. The molecule has 1 heterocycles. The Balaban J connectivity index is 1.97. The standard InChI is InChI=1S/C26H32N2O7/c1-4-10-18-13-17(15-21(33-5-2)23(18)35-16-22(29)34-6-3)14-20-24(30)27-26(32)28(25(20)31)19-11-8-7-9-12-19/h4,13-15,19H,1,5-12,16H2,2-3H3,(H,27,30,32). The van der Waals surface area contributed by atoms with Crippen LogP contribution in [0.25, 0.3) is 6.08 Å². The van der Waals surface area contributed by atoms with Gasteiger partial charge in [-0.15, -0.1) is 6.58 Å². The molecular formula is C26H32N2O7. The average Bonchev–Trinajstić information content (AvgIpc) is 2.82. The summed E-state index contributed by atoms with van der Waals surface area (Å²) < 4.78 is 16.4. The Labute approximate surface area is 205 Å². The Morgan fingerprint density at radius 1 is 1.11 bits per heavy atom. The second-order valence-corrected chi connectivity index (χ2v) is 8.31. The SMILES string of the molecule is C=CCc1cc(C=C2C(=O)NC(=O)N(C3CCCCC3)C2=O)cc(OCC)c1OCC(=O)OCC. The topological polar surface area (TPSA) is 111 Å². The Morgan fingerprint density at radius 3 is 2.51 bits per heavy atom. The van der Waals surface area contributed by atoms with Crippen LogP contribution in [-0.2, 0) is 25.5 Å². The van der Waals surface area contributed by atoms with E-state index in [2.05, 4.69) is 11.9 Å². The number of carbonyl (C=O) groups excluding carboxylic acids is 4. The van der Waals surface area contributed by atoms with Gasteiger partial charge in [-0.2, -0.15) is 0 Å². The number of rotatable bonds is 10. The second-order valence-electron chi connectivity index (χ2n) is 8.31. The van der Waals surface area contributed by atoms with Crippen LogP contribution in [0.15, 0.2) is 30.4 Å². The first-order valence-electron chi connectivity index (χ1n) is 12.0. The van der Waals surface area contributed by atoms with Gasteiger partial charge in [-0.3, -0.25) is 19.8 Å². The van der Waals surface area contributed by atoms with Crippen molar-refractivity contribution in [1.82, 2.24) is 10.2 Å². The molecule has 1 aliphatic carbocycles. The molecule has 2 aliphatic rings. The highest BCUT2D eigenvalue weighted by Crippen LogP contribution is 2.35. The molecule has 1 aromatic rings. The summed E-state index contributed by atoms with van der Waals surface area (Å²) in [6.07, 6.45) is 7.90. The van der Waals surface area contributed by atoms with Crippen LogP contribution >= 0.6 is 0 Å². The molecule has 0 bridgehead atoms. The van der Waals surface area contributed by atoms with Crippen LogP contribution in [0.5, 0.6) is 11.5 Å². The number of amides is 4. The van der Waals surface area contributed by atoms with Crippen LogP contribution in [0.1, 0.15) is 57.1 Å². The van der Waals surface area contributed by atoms with Gasteiger partial charge in [0.2, 0.25) is 0 Å². The average molecular weight is 485 g/mol. The number of esters is 1. The molecule has 0 aromatic heterocycles. The molecule has 4 amide bonds. The van der Waals surface area contributed by atoms with Crippen LogP contribution in [-0.4, -0.2) is 54.6 Å². The van der Waals surface area contributed by atoms with E-state index in [0.29, 0.717) is 35.7 Å². The number of nitrogens with one attached hydrogen (secondary N) is 1. The zero-order chi connectivity index (χ0) is 25.4. The van der Waals surface area contributed by atoms with Gasteiger partial charge >= 0.3 is 12.0 Å². The van der Waals surface area contributed by atoms with Gasteiger partial charge in [-0.05, 0) is 56.9 Å². The number of hydrogen-bond acceptors (Lipinski definition) is 7. The van der Waals surface area contributed by atoms with E-state index in [1.807, 2.05) is 0 Å². The molecule has 1 aromatic carbocycles. The van der Waals surface area contributed by atoms with Crippen molar-refractivity contribution >= 4 is 29.9 Å². The Hall–Kier alpha value is -3.62. The number of imide groups is 2. The van der Waals surface area contributed by atoms with Crippen LogP contribution in [0.4, 0.5) is 4.79 Å². The predicted octanol–water partition coefficient (Wildman–Crippen LogP) is 3.55. The van der Waals surface area contributed by atoms with Crippen molar-refractivity contribution in [2.75, 3.05) is 19.8 Å². The molecular weight excluding hydrogens is 452 g/mol. The van der Waals surface area contributed by atoms with Crippen LogP contribution < -0.4 is 14.8 Å². The fourth-order valence-corrected chi connectivity index (χ4v) is 4.34.